The summed E-state index contributed by atoms with van der Waals surface area (Å²) in [6.45, 7) is 0. The molecule has 18 heavy (non-hydrogen) atoms. The van der Waals surface area contributed by atoms with Gasteiger partial charge in [-0.1, -0.05) is 19.3 Å². The van der Waals surface area contributed by atoms with Crippen molar-refractivity contribution in [2.75, 3.05) is 12.5 Å². The molecule has 0 bridgehead atoms. The van der Waals surface area contributed by atoms with E-state index >= 15 is 0 Å². The van der Waals surface area contributed by atoms with E-state index in [1.807, 2.05) is 11.8 Å². The molecule has 2 fully saturated rings. The van der Waals surface area contributed by atoms with Crippen molar-refractivity contribution >= 4 is 21.6 Å². The van der Waals surface area contributed by atoms with E-state index in [1.54, 1.807) is 0 Å². The third kappa shape index (κ3) is 3.42. The normalized spacial score (nSPS) is 37.9. The smallest absolute Gasteiger partial charge is 0.151 e. The van der Waals surface area contributed by atoms with Crippen LogP contribution in [0, 0.1) is 0 Å². The van der Waals surface area contributed by atoms with Gasteiger partial charge in [0.1, 0.15) is 0 Å². The van der Waals surface area contributed by atoms with Crippen LogP contribution in [-0.2, 0) is 9.84 Å². The zero-order chi connectivity index (χ0) is 13.2. The van der Waals surface area contributed by atoms with Crippen LogP contribution in [0.25, 0.3) is 0 Å². The number of sulfone groups is 1. The van der Waals surface area contributed by atoms with Crippen molar-refractivity contribution in [1.29, 1.82) is 0 Å². The van der Waals surface area contributed by atoms with Crippen LogP contribution in [0.4, 0.5) is 0 Å². The Labute approximate surface area is 115 Å². The predicted molar refractivity (Wildman–Crippen MR) is 79.0 cm³/mol. The van der Waals surface area contributed by atoms with E-state index in [9.17, 15) is 8.42 Å². The van der Waals surface area contributed by atoms with Crippen LogP contribution in [0.2, 0.25) is 0 Å². The Morgan fingerprint density at radius 2 is 1.67 bits per heavy atom. The van der Waals surface area contributed by atoms with Crippen LogP contribution in [0.15, 0.2) is 0 Å². The zero-order valence-electron chi connectivity index (χ0n) is 11.4. The largest absolute Gasteiger partial charge is 0.309 e. The van der Waals surface area contributed by atoms with Gasteiger partial charge in [0.25, 0.3) is 0 Å². The van der Waals surface area contributed by atoms with Crippen LogP contribution >= 0.6 is 11.8 Å². The average molecular weight is 291 g/mol. The van der Waals surface area contributed by atoms with Gasteiger partial charge in [-0.05, 0) is 31.9 Å². The van der Waals surface area contributed by atoms with E-state index in [4.69, 9.17) is 0 Å². The van der Waals surface area contributed by atoms with E-state index in [1.165, 1.54) is 31.9 Å². The highest BCUT2D eigenvalue weighted by atomic mass is 32.2. The van der Waals surface area contributed by atoms with Crippen molar-refractivity contribution < 1.29 is 8.42 Å². The van der Waals surface area contributed by atoms with Gasteiger partial charge in [0.2, 0.25) is 0 Å². The molecule has 1 N–H and O–H groups in total. The molecule has 2 aliphatic carbocycles. The van der Waals surface area contributed by atoms with Gasteiger partial charge in [-0.25, -0.2) is 8.42 Å². The molecule has 0 aromatic rings. The van der Waals surface area contributed by atoms with Crippen molar-refractivity contribution in [3.63, 3.8) is 0 Å². The Hall–Kier alpha value is 0.260. The van der Waals surface area contributed by atoms with Crippen LogP contribution in [0.3, 0.4) is 0 Å². The first-order valence-corrected chi connectivity index (χ1v) is 10.2. The maximum Gasteiger partial charge on any atom is 0.151 e. The van der Waals surface area contributed by atoms with Gasteiger partial charge in [0, 0.05) is 23.6 Å². The molecule has 5 heteroatoms. The summed E-state index contributed by atoms with van der Waals surface area (Å²) in [6.07, 6.45) is 11.6. The minimum Gasteiger partial charge on any atom is -0.309 e. The summed E-state index contributed by atoms with van der Waals surface area (Å²) in [4.78, 5) is 0. The fourth-order valence-corrected chi connectivity index (χ4v) is 5.83. The lowest BCUT2D eigenvalue weighted by molar-refractivity contribution is 0.346. The summed E-state index contributed by atoms with van der Waals surface area (Å²) < 4.78 is 23.6. The van der Waals surface area contributed by atoms with E-state index < -0.39 is 9.84 Å². The van der Waals surface area contributed by atoms with Crippen LogP contribution in [-0.4, -0.2) is 43.5 Å². The maximum atomic E-state index is 11.8. The Kier molecular flexibility index (Phi) is 5.00. The fourth-order valence-electron chi connectivity index (χ4n) is 3.47. The second-order valence-corrected chi connectivity index (χ2v) is 9.08. The zero-order valence-corrected chi connectivity index (χ0v) is 13.0. The van der Waals surface area contributed by atoms with E-state index in [0.29, 0.717) is 11.3 Å². The topological polar surface area (TPSA) is 46.2 Å². The molecule has 0 aliphatic heterocycles. The monoisotopic (exact) mass is 291 g/mol. The van der Waals surface area contributed by atoms with Crippen LogP contribution < -0.4 is 5.32 Å². The van der Waals surface area contributed by atoms with Crippen molar-refractivity contribution in [3.05, 3.63) is 0 Å². The molecular formula is C13H25NO2S2. The van der Waals surface area contributed by atoms with Crippen molar-refractivity contribution in [1.82, 2.24) is 5.32 Å². The summed E-state index contributed by atoms with van der Waals surface area (Å²) >= 11 is 1.93. The first-order valence-electron chi connectivity index (χ1n) is 7.00. The standard InChI is InChI=1S/C13H25NO2S2/c1-17-12-8-4-3-6-10(12)14-11-7-5-9-13(11)18(2,15)16/h10-14H,3-9H2,1-2H3. The Morgan fingerprint density at radius 1 is 1.00 bits per heavy atom. The van der Waals surface area contributed by atoms with Crippen LogP contribution in [0.1, 0.15) is 44.9 Å². The molecule has 0 amide bonds. The molecule has 0 heterocycles. The van der Waals surface area contributed by atoms with Gasteiger partial charge < -0.3 is 5.32 Å². The molecule has 0 radical (unpaired) electrons. The van der Waals surface area contributed by atoms with Crippen LogP contribution in [0.5, 0.6) is 0 Å². The average Bonchev–Trinajstić information content (AvgIpc) is 2.78. The summed E-state index contributed by atoms with van der Waals surface area (Å²) in [5.41, 5.74) is 0. The van der Waals surface area contributed by atoms with Crippen molar-refractivity contribution in [2.24, 2.45) is 0 Å². The molecule has 0 saturated heterocycles. The molecule has 4 atom stereocenters. The summed E-state index contributed by atoms with van der Waals surface area (Å²) in [5.74, 6) is 0. The highest BCUT2D eigenvalue weighted by Gasteiger charge is 2.37. The number of hydrogen-bond acceptors (Lipinski definition) is 4. The second kappa shape index (κ2) is 6.14. The third-order valence-electron chi connectivity index (χ3n) is 4.44. The van der Waals surface area contributed by atoms with Crippen molar-refractivity contribution in [3.8, 4) is 0 Å². The third-order valence-corrected chi connectivity index (χ3v) is 7.27. The lowest BCUT2D eigenvalue weighted by Crippen LogP contribution is -2.50. The summed E-state index contributed by atoms with van der Waals surface area (Å²) in [5, 5.41) is 4.19. The molecule has 106 valence electrons. The van der Waals surface area contributed by atoms with Gasteiger partial charge in [0.15, 0.2) is 9.84 Å². The molecule has 0 spiro atoms. The Balaban J connectivity index is 1.99. The maximum absolute atomic E-state index is 11.8. The lowest BCUT2D eigenvalue weighted by Gasteiger charge is -2.34. The molecule has 4 unspecified atom stereocenters. The van der Waals surface area contributed by atoms with E-state index in [0.717, 1.165) is 19.3 Å². The molecule has 0 aromatic carbocycles. The highest BCUT2D eigenvalue weighted by molar-refractivity contribution is 7.99. The lowest BCUT2D eigenvalue weighted by atomic mass is 9.94. The van der Waals surface area contributed by atoms with Crippen molar-refractivity contribution in [2.45, 2.75) is 67.5 Å². The minimum absolute atomic E-state index is 0.151. The molecular weight excluding hydrogens is 266 g/mol. The predicted octanol–water partition coefficient (Wildman–Crippen LogP) is 2.22. The summed E-state index contributed by atoms with van der Waals surface area (Å²) in [6, 6.07) is 0.707. The van der Waals surface area contributed by atoms with Gasteiger partial charge in [0.05, 0.1) is 5.25 Å². The van der Waals surface area contributed by atoms with E-state index in [-0.39, 0.29) is 11.3 Å². The van der Waals surface area contributed by atoms with Gasteiger partial charge >= 0.3 is 0 Å². The van der Waals surface area contributed by atoms with E-state index in [2.05, 4.69) is 11.6 Å². The Morgan fingerprint density at radius 3 is 2.33 bits per heavy atom. The van der Waals surface area contributed by atoms with Gasteiger partial charge in [-0.2, -0.15) is 11.8 Å². The number of nitrogens with one attached hydrogen (secondary N) is 1. The summed E-state index contributed by atoms with van der Waals surface area (Å²) in [7, 11) is -2.90. The fraction of sp³-hybridized carbons (Fsp3) is 1.00. The molecule has 0 aromatic heterocycles. The Bertz CT molecular complexity index is 369. The van der Waals surface area contributed by atoms with Gasteiger partial charge in [-0.3, -0.25) is 0 Å². The second-order valence-electron chi connectivity index (χ2n) is 5.74. The quantitative estimate of drug-likeness (QED) is 0.863. The molecule has 2 rings (SSSR count). The highest BCUT2D eigenvalue weighted by Crippen LogP contribution is 2.31. The number of rotatable bonds is 4. The minimum atomic E-state index is -2.90. The molecule has 2 aliphatic rings. The first-order chi connectivity index (χ1) is 8.52. The number of thioether (sulfide) groups is 1. The molecule has 2 saturated carbocycles. The molecule has 3 nitrogen and oxygen atoms in total. The number of hydrogen-bond donors (Lipinski definition) is 1. The van der Waals surface area contributed by atoms with Gasteiger partial charge in [-0.15, -0.1) is 0 Å². The SMILES string of the molecule is CSC1CCCCC1NC1CCCC1S(C)(=O)=O. The first kappa shape index (κ1) is 14.7.